The SMILES string of the molecule is O=C1CCC(c2ccc(OCCOCCOc3ccncc3C3CNC3)cc2)C(=O)N1. The quantitative estimate of drug-likeness (QED) is 0.442. The van der Waals surface area contributed by atoms with E-state index in [4.69, 9.17) is 14.2 Å². The molecule has 3 heterocycles. The summed E-state index contributed by atoms with van der Waals surface area (Å²) in [6, 6.07) is 9.31. The highest BCUT2D eigenvalue weighted by Crippen LogP contribution is 2.28. The van der Waals surface area contributed by atoms with Crippen LogP contribution in [0.25, 0.3) is 0 Å². The molecule has 2 saturated heterocycles. The number of imide groups is 1. The number of piperidine rings is 1. The Kier molecular flexibility index (Phi) is 7.11. The Labute approximate surface area is 181 Å². The summed E-state index contributed by atoms with van der Waals surface area (Å²) in [5.41, 5.74) is 2.03. The molecule has 164 valence electrons. The van der Waals surface area contributed by atoms with E-state index in [2.05, 4.69) is 15.6 Å². The van der Waals surface area contributed by atoms with Gasteiger partial charge in [-0.05, 0) is 30.2 Å². The second-order valence-corrected chi connectivity index (χ2v) is 7.65. The molecule has 2 aliphatic heterocycles. The van der Waals surface area contributed by atoms with Gasteiger partial charge in [0, 0.05) is 43.4 Å². The van der Waals surface area contributed by atoms with Crippen LogP contribution in [0.5, 0.6) is 11.5 Å². The van der Waals surface area contributed by atoms with E-state index in [0.29, 0.717) is 50.9 Å². The van der Waals surface area contributed by atoms with Crippen molar-refractivity contribution in [2.75, 3.05) is 39.5 Å². The minimum absolute atomic E-state index is 0.205. The molecule has 0 spiro atoms. The second-order valence-electron chi connectivity index (χ2n) is 7.65. The number of pyridine rings is 1. The smallest absolute Gasteiger partial charge is 0.234 e. The third-order valence-corrected chi connectivity index (χ3v) is 5.53. The average Bonchev–Trinajstić information content (AvgIpc) is 2.73. The van der Waals surface area contributed by atoms with Crippen molar-refractivity contribution in [1.82, 2.24) is 15.6 Å². The molecule has 0 saturated carbocycles. The van der Waals surface area contributed by atoms with Crippen molar-refractivity contribution in [2.24, 2.45) is 0 Å². The van der Waals surface area contributed by atoms with E-state index >= 15 is 0 Å². The van der Waals surface area contributed by atoms with Crippen LogP contribution >= 0.6 is 0 Å². The first-order chi connectivity index (χ1) is 15.2. The molecule has 8 nitrogen and oxygen atoms in total. The zero-order chi connectivity index (χ0) is 21.5. The molecule has 1 aromatic heterocycles. The van der Waals surface area contributed by atoms with Crippen molar-refractivity contribution >= 4 is 11.8 Å². The maximum absolute atomic E-state index is 12.0. The molecule has 2 fully saturated rings. The fourth-order valence-corrected chi connectivity index (χ4v) is 3.68. The second kappa shape index (κ2) is 10.4. The third-order valence-electron chi connectivity index (χ3n) is 5.53. The van der Waals surface area contributed by atoms with Crippen LogP contribution in [0.15, 0.2) is 42.7 Å². The van der Waals surface area contributed by atoms with Gasteiger partial charge < -0.3 is 19.5 Å². The van der Waals surface area contributed by atoms with E-state index in [1.807, 2.05) is 36.5 Å². The lowest BCUT2D eigenvalue weighted by molar-refractivity contribution is -0.134. The lowest BCUT2D eigenvalue weighted by Gasteiger charge is -2.28. The maximum atomic E-state index is 12.0. The Balaban J connectivity index is 1.13. The van der Waals surface area contributed by atoms with Crippen LogP contribution in [0.4, 0.5) is 0 Å². The number of nitrogens with zero attached hydrogens (tertiary/aromatic N) is 1. The monoisotopic (exact) mass is 425 g/mol. The van der Waals surface area contributed by atoms with Crippen LogP contribution in [-0.2, 0) is 14.3 Å². The zero-order valence-electron chi connectivity index (χ0n) is 17.3. The van der Waals surface area contributed by atoms with Crippen molar-refractivity contribution in [3.63, 3.8) is 0 Å². The number of carbonyl (C=O) groups excluding carboxylic acids is 2. The van der Waals surface area contributed by atoms with Crippen LogP contribution in [0, 0.1) is 0 Å². The number of amides is 2. The van der Waals surface area contributed by atoms with Crippen LogP contribution < -0.4 is 20.1 Å². The molecule has 31 heavy (non-hydrogen) atoms. The van der Waals surface area contributed by atoms with Crippen molar-refractivity contribution in [1.29, 1.82) is 0 Å². The Morgan fingerprint density at radius 2 is 1.74 bits per heavy atom. The van der Waals surface area contributed by atoms with Gasteiger partial charge in [-0.15, -0.1) is 0 Å². The Morgan fingerprint density at radius 1 is 0.968 bits per heavy atom. The highest BCUT2D eigenvalue weighted by atomic mass is 16.5. The number of carbonyl (C=O) groups is 2. The third kappa shape index (κ3) is 5.59. The molecule has 0 bridgehead atoms. The number of benzene rings is 1. The van der Waals surface area contributed by atoms with E-state index in [1.165, 1.54) is 0 Å². The number of hydrogen-bond donors (Lipinski definition) is 2. The first kappa shape index (κ1) is 21.3. The highest BCUT2D eigenvalue weighted by molar-refractivity contribution is 6.00. The predicted octanol–water partition coefficient (Wildman–Crippen LogP) is 1.76. The summed E-state index contributed by atoms with van der Waals surface area (Å²) in [5.74, 6) is 1.34. The molecule has 8 heteroatoms. The van der Waals surface area contributed by atoms with E-state index < -0.39 is 0 Å². The molecule has 1 unspecified atom stereocenters. The van der Waals surface area contributed by atoms with Gasteiger partial charge >= 0.3 is 0 Å². The van der Waals surface area contributed by atoms with Gasteiger partial charge in [0.15, 0.2) is 0 Å². The first-order valence-corrected chi connectivity index (χ1v) is 10.6. The van der Waals surface area contributed by atoms with Gasteiger partial charge in [0.1, 0.15) is 24.7 Å². The summed E-state index contributed by atoms with van der Waals surface area (Å²) in [7, 11) is 0. The molecule has 2 aromatic rings. The van der Waals surface area contributed by atoms with Gasteiger partial charge in [0.2, 0.25) is 11.8 Å². The van der Waals surface area contributed by atoms with E-state index in [-0.39, 0.29) is 17.7 Å². The molecular formula is C23H27N3O5. The van der Waals surface area contributed by atoms with Crippen molar-refractivity contribution < 1.29 is 23.8 Å². The number of hydrogen-bond acceptors (Lipinski definition) is 7. The van der Waals surface area contributed by atoms with Crippen LogP contribution in [0.3, 0.4) is 0 Å². The lowest BCUT2D eigenvalue weighted by Crippen LogP contribution is -2.40. The van der Waals surface area contributed by atoms with Crippen LogP contribution in [0.2, 0.25) is 0 Å². The number of aromatic nitrogens is 1. The molecule has 1 atom stereocenters. The number of nitrogens with one attached hydrogen (secondary N) is 2. The summed E-state index contributed by atoms with van der Waals surface area (Å²) in [6.07, 6.45) is 4.53. The Hall–Kier alpha value is -2.97. The lowest BCUT2D eigenvalue weighted by atomic mass is 9.90. The minimum atomic E-state index is -0.281. The van der Waals surface area contributed by atoms with Crippen LogP contribution in [0.1, 0.15) is 35.8 Å². The van der Waals surface area contributed by atoms with Gasteiger partial charge in [0.05, 0.1) is 19.1 Å². The molecule has 0 aliphatic carbocycles. The summed E-state index contributed by atoms with van der Waals surface area (Å²) in [4.78, 5) is 27.4. The van der Waals surface area contributed by atoms with E-state index in [9.17, 15) is 9.59 Å². The number of rotatable bonds is 10. The van der Waals surface area contributed by atoms with Gasteiger partial charge in [-0.25, -0.2) is 0 Å². The molecule has 2 amide bonds. The summed E-state index contributed by atoms with van der Waals surface area (Å²) in [5, 5.41) is 5.65. The normalized spacial score (nSPS) is 18.9. The van der Waals surface area contributed by atoms with Gasteiger partial charge in [-0.2, -0.15) is 0 Å². The van der Waals surface area contributed by atoms with E-state index in [1.54, 1.807) is 6.20 Å². The molecule has 1 aromatic carbocycles. The first-order valence-electron chi connectivity index (χ1n) is 10.6. The topological polar surface area (TPSA) is 98.8 Å². The molecule has 2 aliphatic rings. The summed E-state index contributed by atoms with van der Waals surface area (Å²) < 4.78 is 17.1. The largest absolute Gasteiger partial charge is 0.491 e. The van der Waals surface area contributed by atoms with E-state index in [0.717, 1.165) is 30.0 Å². The summed E-state index contributed by atoms with van der Waals surface area (Å²) in [6.45, 7) is 3.75. The number of ether oxygens (including phenoxy) is 3. The molecule has 2 N–H and O–H groups in total. The fourth-order valence-electron chi connectivity index (χ4n) is 3.68. The van der Waals surface area contributed by atoms with Crippen molar-refractivity contribution in [2.45, 2.75) is 24.7 Å². The Bertz CT molecular complexity index is 898. The average molecular weight is 425 g/mol. The van der Waals surface area contributed by atoms with Crippen molar-refractivity contribution in [3.05, 3.63) is 53.9 Å². The summed E-state index contributed by atoms with van der Waals surface area (Å²) >= 11 is 0. The van der Waals surface area contributed by atoms with Gasteiger partial charge in [-0.1, -0.05) is 12.1 Å². The standard InChI is InChI=1S/C23H27N3O5/c27-22-6-5-19(23(28)26-22)16-1-3-18(4-2-16)30-11-9-29-10-12-31-21-7-8-24-15-20(21)17-13-25-14-17/h1-4,7-8,15,17,19,25H,5-6,9-14H2,(H,26,27,28). The molecular weight excluding hydrogens is 398 g/mol. The van der Waals surface area contributed by atoms with Crippen LogP contribution in [-0.4, -0.2) is 56.3 Å². The maximum Gasteiger partial charge on any atom is 0.234 e. The predicted molar refractivity (Wildman–Crippen MR) is 113 cm³/mol. The highest BCUT2D eigenvalue weighted by Gasteiger charge is 2.27. The zero-order valence-corrected chi connectivity index (χ0v) is 17.3. The van der Waals surface area contributed by atoms with Crippen molar-refractivity contribution in [3.8, 4) is 11.5 Å². The van der Waals surface area contributed by atoms with Gasteiger partial charge in [-0.3, -0.25) is 19.9 Å². The molecule has 0 radical (unpaired) electrons. The Morgan fingerprint density at radius 3 is 2.45 bits per heavy atom. The minimum Gasteiger partial charge on any atom is -0.491 e. The van der Waals surface area contributed by atoms with Gasteiger partial charge in [0.25, 0.3) is 0 Å². The fraction of sp³-hybridized carbons (Fsp3) is 0.435. The molecule has 4 rings (SSSR count).